The summed E-state index contributed by atoms with van der Waals surface area (Å²) in [6, 6.07) is 0.307. The summed E-state index contributed by atoms with van der Waals surface area (Å²) in [6.45, 7) is 8.57. The average Bonchev–Trinajstić information content (AvgIpc) is 2.52. The molecule has 1 aliphatic rings. The Kier molecular flexibility index (Phi) is 8.27. The van der Waals surface area contributed by atoms with Gasteiger partial charge in [0.1, 0.15) is 0 Å². The third kappa shape index (κ3) is 5.26. The molecule has 0 unspecified atom stereocenters. The van der Waals surface area contributed by atoms with E-state index in [4.69, 9.17) is 5.73 Å². The highest BCUT2D eigenvalue weighted by atomic mass is 16.2. The van der Waals surface area contributed by atoms with E-state index in [-0.39, 0.29) is 11.4 Å². The van der Waals surface area contributed by atoms with Crippen molar-refractivity contribution in [3.63, 3.8) is 0 Å². The summed E-state index contributed by atoms with van der Waals surface area (Å²) in [5.74, 6) is 0.163. The van der Waals surface area contributed by atoms with Crippen LogP contribution in [0.15, 0.2) is 0 Å². The second-order valence-electron chi connectivity index (χ2n) is 6.49. The minimum absolute atomic E-state index is 0.0551. The quantitative estimate of drug-likeness (QED) is 0.688. The molecule has 1 saturated carbocycles. The molecule has 4 nitrogen and oxygen atoms in total. The van der Waals surface area contributed by atoms with Crippen molar-refractivity contribution in [2.45, 2.75) is 83.7 Å². The SMILES string of the molecule is CCCN(CC(=O)NC(CC)CC)C1(CN)CCCCC1. The lowest BCUT2D eigenvalue weighted by atomic mass is 9.80. The van der Waals surface area contributed by atoms with E-state index in [9.17, 15) is 4.79 Å². The topological polar surface area (TPSA) is 58.4 Å². The molecule has 0 aromatic heterocycles. The number of carbonyl (C=O) groups excluding carboxylic acids is 1. The molecule has 0 saturated heterocycles. The van der Waals surface area contributed by atoms with Gasteiger partial charge in [0.25, 0.3) is 0 Å². The molecule has 1 fully saturated rings. The Labute approximate surface area is 130 Å². The Balaban J connectivity index is 2.69. The summed E-state index contributed by atoms with van der Waals surface area (Å²) in [4.78, 5) is 14.7. The summed E-state index contributed by atoms with van der Waals surface area (Å²) >= 11 is 0. The van der Waals surface area contributed by atoms with Crippen LogP contribution in [0.5, 0.6) is 0 Å². The van der Waals surface area contributed by atoms with Gasteiger partial charge in [-0.15, -0.1) is 0 Å². The maximum atomic E-state index is 12.4. The van der Waals surface area contributed by atoms with Crippen LogP contribution in [0.25, 0.3) is 0 Å². The fourth-order valence-corrected chi connectivity index (χ4v) is 3.55. The van der Waals surface area contributed by atoms with Gasteiger partial charge in [0.15, 0.2) is 0 Å². The molecule has 1 amide bonds. The fourth-order valence-electron chi connectivity index (χ4n) is 3.55. The van der Waals surface area contributed by atoms with Crippen LogP contribution < -0.4 is 11.1 Å². The molecule has 1 aliphatic carbocycles. The first kappa shape index (κ1) is 18.4. The molecule has 4 heteroatoms. The largest absolute Gasteiger partial charge is 0.352 e. The smallest absolute Gasteiger partial charge is 0.234 e. The molecule has 0 radical (unpaired) electrons. The molecule has 0 aromatic carbocycles. The number of amides is 1. The molecule has 0 atom stereocenters. The number of hydrogen-bond acceptors (Lipinski definition) is 3. The first-order valence-electron chi connectivity index (χ1n) is 8.86. The highest BCUT2D eigenvalue weighted by molar-refractivity contribution is 5.78. The first-order valence-corrected chi connectivity index (χ1v) is 8.86. The molecule has 21 heavy (non-hydrogen) atoms. The Hall–Kier alpha value is -0.610. The summed E-state index contributed by atoms with van der Waals surface area (Å²) in [5.41, 5.74) is 6.18. The Morgan fingerprint density at radius 3 is 2.29 bits per heavy atom. The maximum absolute atomic E-state index is 12.4. The minimum Gasteiger partial charge on any atom is -0.352 e. The highest BCUT2D eigenvalue weighted by Crippen LogP contribution is 2.33. The number of nitrogens with two attached hydrogens (primary N) is 1. The van der Waals surface area contributed by atoms with Crippen molar-refractivity contribution < 1.29 is 4.79 Å². The maximum Gasteiger partial charge on any atom is 0.234 e. The molecule has 0 spiro atoms. The lowest BCUT2D eigenvalue weighted by Gasteiger charge is -2.46. The molecular weight excluding hydrogens is 262 g/mol. The van der Waals surface area contributed by atoms with Gasteiger partial charge < -0.3 is 11.1 Å². The third-order valence-corrected chi connectivity index (χ3v) is 5.01. The van der Waals surface area contributed by atoms with Crippen molar-refractivity contribution in [2.24, 2.45) is 5.73 Å². The van der Waals surface area contributed by atoms with Crippen LogP contribution in [0.4, 0.5) is 0 Å². The number of rotatable bonds is 9. The van der Waals surface area contributed by atoms with Crippen LogP contribution in [-0.2, 0) is 4.79 Å². The van der Waals surface area contributed by atoms with Crippen LogP contribution in [0, 0.1) is 0 Å². The number of hydrogen-bond donors (Lipinski definition) is 2. The van der Waals surface area contributed by atoms with E-state index in [1.165, 1.54) is 19.3 Å². The van der Waals surface area contributed by atoms with E-state index < -0.39 is 0 Å². The zero-order chi connectivity index (χ0) is 15.7. The van der Waals surface area contributed by atoms with E-state index in [0.29, 0.717) is 19.1 Å². The molecule has 1 rings (SSSR count). The summed E-state index contributed by atoms with van der Waals surface area (Å²) in [6.07, 6.45) is 9.14. The van der Waals surface area contributed by atoms with Crippen molar-refractivity contribution in [1.82, 2.24) is 10.2 Å². The van der Waals surface area contributed by atoms with E-state index >= 15 is 0 Å². The molecule has 0 aliphatic heterocycles. The van der Waals surface area contributed by atoms with Crippen molar-refractivity contribution in [3.8, 4) is 0 Å². The normalized spacial score (nSPS) is 18.2. The predicted molar refractivity (Wildman–Crippen MR) is 89.2 cm³/mol. The predicted octanol–water partition coefficient (Wildman–Crippen LogP) is 2.66. The van der Waals surface area contributed by atoms with Gasteiger partial charge in [-0.2, -0.15) is 0 Å². The van der Waals surface area contributed by atoms with Gasteiger partial charge >= 0.3 is 0 Å². The Bertz CT molecular complexity index is 296. The zero-order valence-corrected chi connectivity index (χ0v) is 14.3. The third-order valence-electron chi connectivity index (χ3n) is 5.01. The zero-order valence-electron chi connectivity index (χ0n) is 14.3. The summed E-state index contributed by atoms with van der Waals surface area (Å²) in [7, 11) is 0. The summed E-state index contributed by atoms with van der Waals surface area (Å²) in [5, 5.41) is 3.16. The van der Waals surface area contributed by atoms with Crippen LogP contribution in [0.3, 0.4) is 0 Å². The number of carbonyl (C=O) groups is 1. The highest BCUT2D eigenvalue weighted by Gasteiger charge is 2.37. The monoisotopic (exact) mass is 297 g/mol. The van der Waals surface area contributed by atoms with E-state index in [0.717, 1.165) is 38.6 Å². The second-order valence-corrected chi connectivity index (χ2v) is 6.49. The number of nitrogens with zero attached hydrogens (tertiary/aromatic N) is 1. The first-order chi connectivity index (χ1) is 10.1. The van der Waals surface area contributed by atoms with E-state index in [1.807, 2.05) is 0 Å². The fraction of sp³-hybridized carbons (Fsp3) is 0.941. The molecule has 0 bridgehead atoms. The van der Waals surface area contributed by atoms with E-state index in [2.05, 4.69) is 31.0 Å². The van der Waals surface area contributed by atoms with Gasteiger partial charge in [0.05, 0.1) is 6.54 Å². The summed E-state index contributed by atoms with van der Waals surface area (Å²) < 4.78 is 0. The van der Waals surface area contributed by atoms with Crippen molar-refractivity contribution in [3.05, 3.63) is 0 Å². The molecule has 3 N–H and O–H groups in total. The van der Waals surface area contributed by atoms with Crippen molar-refractivity contribution in [1.29, 1.82) is 0 Å². The van der Waals surface area contributed by atoms with E-state index in [1.54, 1.807) is 0 Å². The number of nitrogens with one attached hydrogen (secondary N) is 1. The minimum atomic E-state index is 0.0551. The van der Waals surface area contributed by atoms with Gasteiger partial charge in [0, 0.05) is 18.1 Å². The average molecular weight is 297 g/mol. The van der Waals surface area contributed by atoms with Gasteiger partial charge in [0.2, 0.25) is 5.91 Å². The Morgan fingerprint density at radius 1 is 1.19 bits per heavy atom. The lowest BCUT2D eigenvalue weighted by molar-refractivity contribution is -0.125. The Morgan fingerprint density at radius 2 is 1.81 bits per heavy atom. The van der Waals surface area contributed by atoms with Crippen LogP contribution in [0.1, 0.15) is 72.1 Å². The van der Waals surface area contributed by atoms with Crippen molar-refractivity contribution >= 4 is 5.91 Å². The standard InChI is InChI=1S/C17H35N3O/c1-4-12-20(13-16(21)19-15(5-2)6-3)17(14-18)10-8-7-9-11-17/h15H,4-14,18H2,1-3H3,(H,19,21). The van der Waals surface area contributed by atoms with Crippen LogP contribution in [-0.4, -0.2) is 42.0 Å². The van der Waals surface area contributed by atoms with Gasteiger partial charge in [-0.3, -0.25) is 9.69 Å². The van der Waals surface area contributed by atoms with Crippen LogP contribution in [0.2, 0.25) is 0 Å². The second kappa shape index (κ2) is 9.42. The molecule has 124 valence electrons. The molecule has 0 heterocycles. The van der Waals surface area contributed by atoms with Crippen molar-refractivity contribution in [2.75, 3.05) is 19.6 Å². The van der Waals surface area contributed by atoms with Gasteiger partial charge in [-0.1, -0.05) is 40.0 Å². The van der Waals surface area contributed by atoms with Gasteiger partial charge in [-0.25, -0.2) is 0 Å². The molecular formula is C17H35N3O. The molecule has 0 aromatic rings. The lowest BCUT2D eigenvalue weighted by Crippen LogP contribution is -2.58. The van der Waals surface area contributed by atoms with Gasteiger partial charge in [-0.05, 0) is 38.6 Å². The van der Waals surface area contributed by atoms with Crippen LogP contribution >= 0.6 is 0 Å².